The largest absolute Gasteiger partial charge is 0.392 e. The molecular weight excluding hydrogens is 162 g/mol. The lowest BCUT2D eigenvalue weighted by Gasteiger charge is -2.40. The Balaban J connectivity index is 2.21. The van der Waals surface area contributed by atoms with Gasteiger partial charge in [-0.25, -0.2) is 0 Å². The molecule has 2 heteroatoms. The van der Waals surface area contributed by atoms with Crippen molar-refractivity contribution in [1.29, 1.82) is 0 Å². The summed E-state index contributed by atoms with van der Waals surface area (Å²) in [4.78, 5) is 2.36. The lowest BCUT2D eigenvalue weighted by Crippen LogP contribution is -2.49. The van der Waals surface area contributed by atoms with Crippen molar-refractivity contribution >= 4 is 0 Å². The number of hydrogen-bond donors (Lipinski definition) is 1. The number of rotatable bonds is 3. The van der Waals surface area contributed by atoms with Gasteiger partial charge in [-0.1, -0.05) is 20.8 Å². The zero-order valence-corrected chi connectivity index (χ0v) is 9.38. The Bertz CT molecular complexity index is 162. The summed E-state index contributed by atoms with van der Waals surface area (Å²) in [5.74, 6) is 0. The highest BCUT2D eigenvalue weighted by Gasteiger charge is 2.26. The molecule has 1 heterocycles. The third-order valence-electron chi connectivity index (χ3n) is 2.75. The number of aliphatic hydroxyl groups is 1. The lowest BCUT2D eigenvalue weighted by molar-refractivity contribution is 0.0224. The molecule has 1 rings (SSSR count). The molecular formula is C11H23NO. The Morgan fingerprint density at radius 2 is 2.08 bits per heavy atom. The molecule has 2 atom stereocenters. The molecule has 1 aliphatic heterocycles. The summed E-state index contributed by atoms with van der Waals surface area (Å²) >= 11 is 0. The monoisotopic (exact) mass is 185 g/mol. The van der Waals surface area contributed by atoms with Gasteiger partial charge in [0.1, 0.15) is 0 Å². The first-order valence-corrected chi connectivity index (χ1v) is 5.30. The summed E-state index contributed by atoms with van der Waals surface area (Å²) in [7, 11) is 0. The van der Waals surface area contributed by atoms with Gasteiger partial charge in [-0.05, 0) is 31.7 Å². The van der Waals surface area contributed by atoms with Gasteiger partial charge >= 0.3 is 0 Å². The van der Waals surface area contributed by atoms with Gasteiger partial charge < -0.3 is 5.11 Å². The first-order valence-electron chi connectivity index (χ1n) is 5.30. The average Bonchev–Trinajstić information content (AvgIpc) is 1.94. The van der Waals surface area contributed by atoms with Gasteiger partial charge in [0, 0.05) is 12.6 Å². The smallest absolute Gasteiger partial charge is 0.0672 e. The summed E-state index contributed by atoms with van der Waals surface area (Å²) in [6.07, 6.45) is 2.04. The standard InChI is InChI=1S/C11H23NO/c1-9-5-6-12(9)8-10(13)7-11(2,3)4/h9-10,13H,5-8H2,1-4H3. The quantitative estimate of drug-likeness (QED) is 0.725. The number of β-amino-alcohol motifs (C(OH)–C–C–N with tert-alkyl or cyclic N) is 1. The van der Waals surface area contributed by atoms with Crippen LogP contribution < -0.4 is 0 Å². The Hall–Kier alpha value is -0.0800. The number of aliphatic hydroxyl groups excluding tert-OH is 1. The molecule has 0 radical (unpaired) electrons. The molecule has 1 fully saturated rings. The van der Waals surface area contributed by atoms with E-state index in [-0.39, 0.29) is 11.5 Å². The summed E-state index contributed by atoms with van der Waals surface area (Å²) in [5.41, 5.74) is 0.244. The van der Waals surface area contributed by atoms with E-state index in [1.54, 1.807) is 0 Å². The minimum Gasteiger partial charge on any atom is -0.392 e. The van der Waals surface area contributed by atoms with E-state index in [9.17, 15) is 5.11 Å². The molecule has 2 unspecified atom stereocenters. The zero-order chi connectivity index (χ0) is 10.1. The lowest BCUT2D eigenvalue weighted by atomic mass is 9.88. The van der Waals surface area contributed by atoms with Crippen molar-refractivity contribution in [2.75, 3.05) is 13.1 Å². The first-order chi connectivity index (χ1) is 5.88. The van der Waals surface area contributed by atoms with Crippen molar-refractivity contribution < 1.29 is 5.11 Å². The summed E-state index contributed by atoms with van der Waals surface area (Å²) < 4.78 is 0. The Labute approximate surface area is 81.9 Å². The highest BCUT2D eigenvalue weighted by molar-refractivity contribution is 4.81. The number of likely N-dealkylation sites (tertiary alicyclic amines) is 1. The van der Waals surface area contributed by atoms with Crippen LogP contribution in [0.4, 0.5) is 0 Å². The molecule has 2 nitrogen and oxygen atoms in total. The predicted octanol–water partition coefficient (Wildman–Crippen LogP) is 1.88. The topological polar surface area (TPSA) is 23.5 Å². The summed E-state index contributed by atoms with van der Waals surface area (Å²) in [6.45, 7) is 10.8. The van der Waals surface area contributed by atoms with Crippen LogP contribution in [-0.2, 0) is 0 Å². The normalized spacial score (nSPS) is 27.0. The summed E-state index contributed by atoms with van der Waals surface area (Å²) in [6, 6.07) is 0.689. The highest BCUT2D eigenvalue weighted by atomic mass is 16.3. The van der Waals surface area contributed by atoms with E-state index in [0.29, 0.717) is 6.04 Å². The van der Waals surface area contributed by atoms with Crippen LogP contribution in [0.5, 0.6) is 0 Å². The van der Waals surface area contributed by atoms with Gasteiger partial charge in [0.25, 0.3) is 0 Å². The van der Waals surface area contributed by atoms with Crippen LogP contribution in [0.2, 0.25) is 0 Å². The fraction of sp³-hybridized carbons (Fsp3) is 1.00. The van der Waals surface area contributed by atoms with Crippen LogP contribution in [0.3, 0.4) is 0 Å². The van der Waals surface area contributed by atoms with Crippen LogP contribution >= 0.6 is 0 Å². The van der Waals surface area contributed by atoms with Gasteiger partial charge in [-0.2, -0.15) is 0 Å². The van der Waals surface area contributed by atoms with Crippen molar-refractivity contribution in [1.82, 2.24) is 4.90 Å². The third-order valence-corrected chi connectivity index (χ3v) is 2.75. The fourth-order valence-electron chi connectivity index (χ4n) is 1.88. The van der Waals surface area contributed by atoms with Crippen LogP contribution in [-0.4, -0.2) is 35.2 Å². The van der Waals surface area contributed by atoms with Gasteiger partial charge in [-0.3, -0.25) is 4.90 Å². The molecule has 0 spiro atoms. The molecule has 0 aromatic carbocycles. The van der Waals surface area contributed by atoms with Crippen molar-refractivity contribution in [3.63, 3.8) is 0 Å². The molecule has 1 saturated heterocycles. The molecule has 0 aromatic heterocycles. The van der Waals surface area contributed by atoms with E-state index in [4.69, 9.17) is 0 Å². The van der Waals surface area contributed by atoms with Crippen LogP contribution in [0, 0.1) is 5.41 Å². The van der Waals surface area contributed by atoms with Crippen LogP contribution in [0.25, 0.3) is 0 Å². The van der Waals surface area contributed by atoms with Crippen molar-refractivity contribution in [3.8, 4) is 0 Å². The minimum absolute atomic E-state index is 0.150. The second kappa shape index (κ2) is 3.97. The van der Waals surface area contributed by atoms with Crippen molar-refractivity contribution in [3.05, 3.63) is 0 Å². The number of hydrogen-bond acceptors (Lipinski definition) is 2. The van der Waals surface area contributed by atoms with Crippen LogP contribution in [0.15, 0.2) is 0 Å². The van der Waals surface area contributed by atoms with Crippen LogP contribution in [0.1, 0.15) is 40.5 Å². The zero-order valence-electron chi connectivity index (χ0n) is 9.38. The van der Waals surface area contributed by atoms with E-state index >= 15 is 0 Å². The van der Waals surface area contributed by atoms with Crippen molar-refractivity contribution in [2.24, 2.45) is 5.41 Å². The highest BCUT2D eigenvalue weighted by Crippen LogP contribution is 2.23. The fourth-order valence-corrected chi connectivity index (χ4v) is 1.88. The predicted molar refractivity (Wildman–Crippen MR) is 55.7 cm³/mol. The third kappa shape index (κ3) is 3.65. The molecule has 0 aromatic rings. The van der Waals surface area contributed by atoms with Gasteiger partial charge in [0.05, 0.1) is 6.10 Å². The molecule has 13 heavy (non-hydrogen) atoms. The maximum absolute atomic E-state index is 9.80. The molecule has 0 bridgehead atoms. The Morgan fingerprint density at radius 1 is 1.46 bits per heavy atom. The number of nitrogens with zero attached hydrogens (tertiary/aromatic N) is 1. The summed E-state index contributed by atoms with van der Waals surface area (Å²) in [5, 5.41) is 9.80. The molecule has 1 N–H and O–H groups in total. The van der Waals surface area contributed by atoms with Gasteiger partial charge in [0.2, 0.25) is 0 Å². The van der Waals surface area contributed by atoms with Gasteiger partial charge in [-0.15, -0.1) is 0 Å². The van der Waals surface area contributed by atoms with E-state index in [0.717, 1.165) is 13.0 Å². The Morgan fingerprint density at radius 3 is 2.38 bits per heavy atom. The molecule has 78 valence electrons. The van der Waals surface area contributed by atoms with Crippen molar-refractivity contribution in [2.45, 2.75) is 52.7 Å². The molecule has 0 saturated carbocycles. The molecule has 0 aliphatic carbocycles. The minimum atomic E-state index is -0.150. The first kappa shape index (κ1) is 11.0. The van der Waals surface area contributed by atoms with Gasteiger partial charge in [0.15, 0.2) is 0 Å². The van der Waals surface area contributed by atoms with E-state index < -0.39 is 0 Å². The SMILES string of the molecule is CC1CCN1CC(O)CC(C)(C)C. The van der Waals surface area contributed by atoms with E-state index in [2.05, 4.69) is 32.6 Å². The maximum atomic E-state index is 9.80. The molecule has 1 aliphatic rings. The average molecular weight is 185 g/mol. The molecule has 0 amide bonds. The maximum Gasteiger partial charge on any atom is 0.0672 e. The second-order valence-electron chi connectivity index (χ2n) is 5.55. The van der Waals surface area contributed by atoms with E-state index in [1.807, 2.05) is 0 Å². The Kier molecular flexibility index (Phi) is 3.36. The second-order valence-corrected chi connectivity index (χ2v) is 5.55. The van der Waals surface area contributed by atoms with E-state index in [1.165, 1.54) is 13.0 Å².